The summed E-state index contributed by atoms with van der Waals surface area (Å²) in [6, 6.07) is 0. The summed E-state index contributed by atoms with van der Waals surface area (Å²) in [5.41, 5.74) is 1.79. The third kappa shape index (κ3) is 1.96. The van der Waals surface area contributed by atoms with Gasteiger partial charge in [0.05, 0.1) is 0 Å². The largest absolute Gasteiger partial charge is 0.303 e. The predicted molar refractivity (Wildman–Crippen MR) is 50.9 cm³/mol. The van der Waals surface area contributed by atoms with Gasteiger partial charge in [-0.05, 0) is 31.1 Å². The second-order valence-corrected chi connectivity index (χ2v) is 4.46. The van der Waals surface area contributed by atoms with Gasteiger partial charge in [-0.2, -0.15) is 0 Å². The Labute approximate surface area is 74.9 Å². The quantitative estimate of drug-likeness (QED) is 0.465. The topological polar surface area (TPSA) is 17.1 Å². The van der Waals surface area contributed by atoms with E-state index in [0.717, 1.165) is 19.1 Å². The predicted octanol–water partition coefficient (Wildman–Crippen LogP) is 2.96. The van der Waals surface area contributed by atoms with E-state index in [1.54, 1.807) is 0 Å². The molecule has 68 valence electrons. The van der Waals surface area contributed by atoms with E-state index in [9.17, 15) is 4.79 Å². The van der Waals surface area contributed by atoms with E-state index >= 15 is 0 Å². The van der Waals surface area contributed by atoms with Crippen molar-refractivity contribution < 1.29 is 4.79 Å². The van der Waals surface area contributed by atoms with Gasteiger partial charge in [-0.1, -0.05) is 25.5 Å². The van der Waals surface area contributed by atoms with Crippen molar-refractivity contribution in [3.8, 4) is 0 Å². The molecule has 0 radical (unpaired) electrons. The molecular weight excluding hydrogens is 148 g/mol. The highest BCUT2D eigenvalue weighted by Gasteiger charge is 2.31. The Hall–Kier alpha value is -0.590. The van der Waals surface area contributed by atoms with Crippen LogP contribution in [0.2, 0.25) is 0 Å². The fraction of sp³-hybridized carbons (Fsp3) is 0.727. The van der Waals surface area contributed by atoms with Crippen LogP contribution in [0.5, 0.6) is 0 Å². The van der Waals surface area contributed by atoms with Crippen LogP contribution in [0.4, 0.5) is 0 Å². The van der Waals surface area contributed by atoms with Crippen LogP contribution < -0.4 is 0 Å². The van der Waals surface area contributed by atoms with E-state index in [1.165, 1.54) is 12.0 Å². The summed E-state index contributed by atoms with van der Waals surface area (Å²) < 4.78 is 0. The van der Waals surface area contributed by atoms with Gasteiger partial charge in [0, 0.05) is 6.42 Å². The van der Waals surface area contributed by atoms with Crippen molar-refractivity contribution >= 4 is 6.29 Å². The first-order valence-corrected chi connectivity index (χ1v) is 4.68. The van der Waals surface area contributed by atoms with Gasteiger partial charge in [-0.3, -0.25) is 0 Å². The zero-order chi connectivity index (χ0) is 9.19. The summed E-state index contributed by atoms with van der Waals surface area (Å²) in [5, 5.41) is 0. The van der Waals surface area contributed by atoms with Crippen LogP contribution in [0.1, 0.15) is 40.0 Å². The van der Waals surface area contributed by atoms with E-state index in [1.807, 2.05) is 0 Å². The molecule has 1 unspecified atom stereocenters. The van der Waals surface area contributed by atoms with Crippen molar-refractivity contribution in [1.29, 1.82) is 0 Å². The van der Waals surface area contributed by atoms with E-state index < -0.39 is 0 Å². The van der Waals surface area contributed by atoms with Gasteiger partial charge in [0.2, 0.25) is 0 Å². The number of carbonyl (C=O) groups is 1. The SMILES string of the molecule is CC1=CC(C)(C)C(CCC=O)C1. The zero-order valence-corrected chi connectivity index (χ0v) is 8.26. The third-order valence-electron chi connectivity index (χ3n) is 2.87. The maximum atomic E-state index is 10.2. The number of carbonyl (C=O) groups excluding carboxylic acids is 1. The van der Waals surface area contributed by atoms with Crippen molar-refractivity contribution in [2.24, 2.45) is 11.3 Å². The van der Waals surface area contributed by atoms with Crippen molar-refractivity contribution in [3.63, 3.8) is 0 Å². The maximum absolute atomic E-state index is 10.2. The fourth-order valence-corrected chi connectivity index (χ4v) is 2.21. The third-order valence-corrected chi connectivity index (χ3v) is 2.87. The van der Waals surface area contributed by atoms with Crippen LogP contribution in [-0.2, 0) is 4.79 Å². The van der Waals surface area contributed by atoms with Crippen molar-refractivity contribution in [2.75, 3.05) is 0 Å². The molecule has 0 N–H and O–H groups in total. The molecule has 0 fully saturated rings. The molecule has 0 aromatic heterocycles. The molecule has 0 aromatic rings. The molecule has 0 bridgehead atoms. The Morgan fingerprint density at radius 2 is 2.33 bits per heavy atom. The van der Waals surface area contributed by atoms with E-state index in [0.29, 0.717) is 11.3 Å². The summed E-state index contributed by atoms with van der Waals surface area (Å²) in [6.07, 6.45) is 6.33. The number of hydrogen-bond donors (Lipinski definition) is 0. The van der Waals surface area contributed by atoms with Crippen molar-refractivity contribution in [1.82, 2.24) is 0 Å². The zero-order valence-electron chi connectivity index (χ0n) is 8.26. The first kappa shape index (κ1) is 9.50. The minimum absolute atomic E-state index is 0.313. The Morgan fingerprint density at radius 3 is 2.75 bits per heavy atom. The fourth-order valence-electron chi connectivity index (χ4n) is 2.21. The molecule has 0 heterocycles. The first-order chi connectivity index (χ1) is 5.56. The first-order valence-electron chi connectivity index (χ1n) is 4.68. The lowest BCUT2D eigenvalue weighted by Crippen LogP contribution is -2.17. The Morgan fingerprint density at radius 1 is 1.67 bits per heavy atom. The summed E-state index contributed by atoms with van der Waals surface area (Å²) in [6.45, 7) is 6.71. The lowest BCUT2D eigenvalue weighted by atomic mass is 9.79. The van der Waals surface area contributed by atoms with Gasteiger partial charge in [0.25, 0.3) is 0 Å². The van der Waals surface area contributed by atoms with E-state index in [4.69, 9.17) is 0 Å². The molecule has 0 amide bonds. The van der Waals surface area contributed by atoms with E-state index in [-0.39, 0.29) is 0 Å². The normalized spacial score (nSPS) is 26.9. The number of rotatable bonds is 3. The summed E-state index contributed by atoms with van der Waals surface area (Å²) in [7, 11) is 0. The molecule has 1 rings (SSSR count). The summed E-state index contributed by atoms with van der Waals surface area (Å²) in [4.78, 5) is 10.2. The second-order valence-electron chi connectivity index (χ2n) is 4.46. The summed E-state index contributed by atoms with van der Waals surface area (Å²) >= 11 is 0. The van der Waals surface area contributed by atoms with Crippen molar-refractivity contribution in [3.05, 3.63) is 11.6 Å². The van der Waals surface area contributed by atoms with Crippen LogP contribution >= 0.6 is 0 Å². The number of aldehydes is 1. The molecule has 0 aromatic carbocycles. The molecule has 1 nitrogen and oxygen atoms in total. The molecule has 0 spiro atoms. The Bertz CT molecular complexity index is 201. The highest BCUT2D eigenvalue weighted by molar-refractivity contribution is 5.49. The van der Waals surface area contributed by atoms with Gasteiger partial charge in [-0.25, -0.2) is 0 Å². The number of allylic oxidation sites excluding steroid dienone is 2. The molecule has 12 heavy (non-hydrogen) atoms. The second kappa shape index (κ2) is 3.42. The van der Waals surface area contributed by atoms with E-state index in [2.05, 4.69) is 26.8 Å². The minimum atomic E-state index is 0.313. The van der Waals surface area contributed by atoms with Crippen LogP contribution in [-0.4, -0.2) is 6.29 Å². The molecule has 1 heteroatoms. The minimum Gasteiger partial charge on any atom is -0.303 e. The number of hydrogen-bond acceptors (Lipinski definition) is 1. The molecule has 1 aliphatic rings. The lowest BCUT2D eigenvalue weighted by Gasteiger charge is -2.25. The average molecular weight is 166 g/mol. The molecule has 1 atom stereocenters. The highest BCUT2D eigenvalue weighted by atomic mass is 16.1. The van der Waals surface area contributed by atoms with Gasteiger partial charge in [0.15, 0.2) is 0 Å². The maximum Gasteiger partial charge on any atom is 0.120 e. The van der Waals surface area contributed by atoms with Gasteiger partial charge in [-0.15, -0.1) is 0 Å². The molecule has 0 aliphatic heterocycles. The Balaban J connectivity index is 2.53. The monoisotopic (exact) mass is 166 g/mol. The smallest absolute Gasteiger partial charge is 0.120 e. The molecule has 1 aliphatic carbocycles. The van der Waals surface area contributed by atoms with Crippen molar-refractivity contribution in [2.45, 2.75) is 40.0 Å². The van der Waals surface area contributed by atoms with Crippen LogP contribution in [0, 0.1) is 11.3 Å². The van der Waals surface area contributed by atoms with Gasteiger partial charge < -0.3 is 4.79 Å². The molecular formula is C11H18O. The van der Waals surface area contributed by atoms with Crippen LogP contribution in [0.25, 0.3) is 0 Å². The van der Waals surface area contributed by atoms with Gasteiger partial charge >= 0.3 is 0 Å². The molecule has 0 saturated carbocycles. The van der Waals surface area contributed by atoms with Gasteiger partial charge in [0.1, 0.15) is 6.29 Å². The standard InChI is InChI=1S/C11H18O/c1-9-7-10(5-4-6-12)11(2,3)8-9/h6,8,10H,4-5,7H2,1-3H3. The highest BCUT2D eigenvalue weighted by Crippen LogP contribution is 2.42. The average Bonchev–Trinajstić information content (AvgIpc) is 2.20. The van der Waals surface area contributed by atoms with Crippen LogP contribution in [0.15, 0.2) is 11.6 Å². The lowest BCUT2D eigenvalue weighted by molar-refractivity contribution is -0.108. The summed E-state index contributed by atoms with van der Waals surface area (Å²) in [5.74, 6) is 0.683. The molecule has 0 saturated heterocycles. The Kier molecular flexibility index (Phi) is 2.71. The van der Waals surface area contributed by atoms with Crippen LogP contribution in [0.3, 0.4) is 0 Å².